The third kappa shape index (κ3) is 10.2. The molecule has 0 spiro atoms. The SMILES string of the molecule is CCCC(=O)OCCC(=O)O.[CaH2]. The van der Waals surface area contributed by atoms with Crippen molar-refractivity contribution < 1.29 is 19.4 Å². The Balaban J connectivity index is 0. The van der Waals surface area contributed by atoms with Gasteiger partial charge in [-0.15, -0.1) is 0 Å². The van der Waals surface area contributed by atoms with E-state index in [0.29, 0.717) is 6.42 Å². The Labute approximate surface area is 101 Å². The van der Waals surface area contributed by atoms with Crippen molar-refractivity contribution in [1.82, 2.24) is 0 Å². The summed E-state index contributed by atoms with van der Waals surface area (Å²) in [5.41, 5.74) is 0. The van der Waals surface area contributed by atoms with Crippen molar-refractivity contribution in [1.29, 1.82) is 0 Å². The van der Waals surface area contributed by atoms with Gasteiger partial charge < -0.3 is 9.84 Å². The van der Waals surface area contributed by atoms with Gasteiger partial charge >= 0.3 is 49.7 Å². The maximum absolute atomic E-state index is 10.6. The van der Waals surface area contributed by atoms with Gasteiger partial charge in [0.1, 0.15) is 6.61 Å². The van der Waals surface area contributed by atoms with E-state index in [2.05, 4.69) is 4.74 Å². The molecule has 0 radical (unpaired) electrons. The number of rotatable bonds is 5. The van der Waals surface area contributed by atoms with Crippen LogP contribution in [-0.2, 0) is 14.3 Å². The summed E-state index contributed by atoms with van der Waals surface area (Å²) in [5.74, 6) is -1.27. The topological polar surface area (TPSA) is 63.6 Å². The molecule has 5 heteroatoms. The molecule has 0 aliphatic rings. The van der Waals surface area contributed by atoms with Crippen molar-refractivity contribution in [3.05, 3.63) is 0 Å². The zero-order valence-electron chi connectivity index (χ0n) is 6.50. The molecule has 0 aliphatic heterocycles. The van der Waals surface area contributed by atoms with Gasteiger partial charge in [0, 0.05) is 6.42 Å². The number of carbonyl (C=O) groups is 2. The van der Waals surface area contributed by atoms with Crippen LogP contribution in [0.2, 0.25) is 0 Å². The number of aliphatic carboxylic acids is 1. The standard InChI is InChI=1S/C7H12O4.Ca.2H/c1-2-3-7(10)11-5-4-6(8)9;;;/h2-5H2,1H3,(H,8,9);;;. The minimum atomic E-state index is -0.950. The Hall–Kier alpha value is 0.200. The van der Waals surface area contributed by atoms with E-state index >= 15 is 0 Å². The van der Waals surface area contributed by atoms with Gasteiger partial charge in [-0.2, -0.15) is 0 Å². The van der Waals surface area contributed by atoms with E-state index in [0.717, 1.165) is 6.42 Å². The Morgan fingerprint density at radius 3 is 2.33 bits per heavy atom. The Morgan fingerprint density at radius 2 is 1.92 bits per heavy atom. The second-order valence-electron chi connectivity index (χ2n) is 2.11. The van der Waals surface area contributed by atoms with Gasteiger partial charge in [0.15, 0.2) is 0 Å². The summed E-state index contributed by atoms with van der Waals surface area (Å²) in [4.78, 5) is 20.6. The molecule has 12 heavy (non-hydrogen) atoms. The summed E-state index contributed by atoms with van der Waals surface area (Å²) in [6, 6.07) is 0. The van der Waals surface area contributed by atoms with Gasteiger partial charge in [0.25, 0.3) is 0 Å². The molecule has 0 fully saturated rings. The van der Waals surface area contributed by atoms with Crippen molar-refractivity contribution in [2.75, 3.05) is 6.61 Å². The minimum absolute atomic E-state index is 0. The van der Waals surface area contributed by atoms with Crippen LogP contribution in [0.1, 0.15) is 26.2 Å². The van der Waals surface area contributed by atoms with Gasteiger partial charge in [-0.25, -0.2) is 0 Å². The number of esters is 1. The molecule has 0 aromatic carbocycles. The zero-order valence-corrected chi connectivity index (χ0v) is 6.50. The third-order valence-electron chi connectivity index (χ3n) is 1.03. The first kappa shape index (κ1) is 14.7. The fourth-order valence-corrected chi connectivity index (χ4v) is 0.528. The van der Waals surface area contributed by atoms with Crippen LogP contribution in [0.15, 0.2) is 0 Å². The Morgan fingerprint density at radius 1 is 1.33 bits per heavy atom. The first-order chi connectivity index (χ1) is 5.16. The predicted molar refractivity (Wildman–Crippen MR) is 46.7 cm³/mol. The molecule has 0 saturated heterocycles. The first-order valence-electron chi connectivity index (χ1n) is 3.54. The number of carbonyl (C=O) groups excluding carboxylic acids is 1. The molecule has 0 unspecified atom stereocenters. The van der Waals surface area contributed by atoms with E-state index in [4.69, 9.17) is 5.11 Å². The van der Waals surface area contributed by atoms with Gasteiger partial charge in [0.2, 0.25) is 0 Å². The zero-order chi connectivity index (χ0) is 8.69. The van der Waals surface area contributed by atoms with E-state index in [9.17, 15) is 9.59 Å². The summed E-state index contributed by atoms with van der Waals surface area (Å²) in [5, 5.41) is 8.16. The summed E-state index contributed by atoms with van der Waals surface area (Å²) in [6.07, 6.45) is 0.973. The molecular weight excluding hydrogens is 188 g/mol. The van der Waals surface area contributed by atoms with Crippen LogP contribution in [0.5, 0.6) is 0 Å². The van der Waals surface area contributed by atoms with Gasteiger partial charge in [-0.05, 0) is 6.42 Å². The predicted octanol–water partition coefficient (Wildman–Crippen LogP) is -0.112. The molecule has 0 rings (SSSR count). The first-order valence-corrected chi connectivity index (χ1v) is 3.54. The number of hydrogen-bond acceptors (Lipinski definition) is 3. The summed E-state index contributed by atoms with van der Waals surface area (Å²) in [7, 11) is 0. The number of ether oxygens (including phenoxy) is 1. The summed E-state index contributed by atoms with van der Waals surface area (Å²) >= 11 is 0. The second-order valence-corrected chi connectivity index (χ2v) is 2.11. The Kier molecular flexibility index (Phi) is 11.4. The average Bonchev–Trinajstić information content (AvgIpc) is 1.87. The molecule has 0 aromatic heterocycles. The number of carboxylic acid groups (broad SMARTS) is 1. The van der Waals surface area contributed by atoms with Crippen LogP contribution in [0.3, 0.4) is 0 Å². The summed E-state index contributed by atoms with van der Waals surface area (Å²) in [6.45, 7) is 1.84. The Bertz CT molecular complexity index is 146. The van der Waals surface area contributed by atoms with Crippen molar-refractivity contribution >= 4 is 49.7 Å². The molecule has 0 atom stereocenters. The molecule has 68 valence electrons. The third-order valence-corrected chi connectivity index (χ3v) is 1.03. The van der Waals surface area contributed by atoms with Crippen LogP contribution < -0.4 is 0 Å². The molecule has 0 bridgehead atoms. The van der Waals surface area contributed by atoms with Crippen LogP contribution >= 0.6 is 0 Å². The maximum atomic E-state index is 10.6. The second kappa shape index (κ2) is 9.29. The average molecular weight is 202 g/mol. The molecular formula is C7H14CaO4. The molecule has 0 saturated carbocycles. The molecule has 0 heterocycles. The summed E-state index contributed by atoms with van der Waals surface area (Å²) < 4.78 is 4.57. The molecule has 0 aliphatic carbocycles. The van der Waals surface area contributed by atoms with E-state index < -0.39 is 5.97 Å². The van der Waals surface area contributed by atoms with Crippen LogP contribution in [-0.4, -0.2) is 61.4 Å². The fraction of sp³-hybridized carbons (Fsp3) is 0.714. The van der Waals surface area contributed by atoms with Crippen LogP contribution in [0, 0.1) is 0 Å². The molecule has 1 N–H and O–H groups in total. The molecule has 0 amide bonds. The number of hydrogen-bond donors (Lipinski definition) is 1. The van der Waals surface area contributed by atoms with Gasteiger partial charge in [-0.3, -0.25) is 9.59 Å². The van der Waals surface area contributed by atoms with Crippen molar-refractivity contribution in [3.63, 3.8) is 0 Å². The van der Waals surface area contributed by atoms with Crippen molar-refractivity contribution in [3.8, 4) is 0 Å². The normalized spacial score (nSPS) is 8.42. The quantitative estimate of drug-likeness (QED) is 0.499. The van der Waals surface area contributed by atoms with Crippen LogP contribution in [0.25, 0.3) is 0 Å². The van der Waals surface area contributed by atoms with E-state index in [1.807, 2.05) is 6.92 Å². The van der Waals surface area contributed by atoms with E-state index in [1.165, 1.54) is 0 Å². The molecule has 0 aromatic rings. The van der Waals surface area contributed by atoms with Crippen molar-refractivity contribution in [2.45, 2.75) is 26.2 Å². The van der Waals surface area contributed by atoms with Gasteiger partial charge in [-0.1, -0.05) is 6.92 Å². The van der Waals surface area contributed by atoms with Crippen molar-refractivity contribution in [2.24, 2.45) is 0 Å². The van der Waals surface area contributed by atoms with E-state index in [1.54, 1.807) is 0 Å². The molecule has 4 nitrogen and oxygen atoms in total. The van der Waals surface area contributed by atoms with Crippen LogP contribution in [0.4, 0.5) is 0 Å². The van der Waals surface area contributed by atoms with E-state index in [-0.39, 0.29) is 56.7 Å². The fourth-order valence-electron chi connectivity index (χ4n) is 0.528. The number of carboxylic acids is 1. The monoisotopic (exact) mass is 202 g/mol. The van der Waals surface area contributed by atoms with Gasteiger partial charge in [0.05, 0.1) is 6.42 Å².